The summed E-state index contributed by atoms with van der Waals surface area (Å²) in [6, 6.07) is 30.5. The van der Waals surface area contributed by atoms with Crippen LogP contribution >= 0.6 is 11.6 Å². The number of amides is 1. The first-order chi connectivity index (χ1) is 17.0. The molecule has 174 valence electrons. The van der Waals surface area contributed by atoms with Gasteiger partial charge >= 0.3 is 5.97 Å². The van der Waals surface area contributed by atoms with Gasteiger partial charge in [-0.05, 0) is 41.0 Å². The van der Waals surface area contributed by atoms with E-state index in [0.29, 0.717) is 21.7 Å². The number of hydrogen-bond acceptors (Lipinski definition) is 5. The third kappa shape index (κ3) is 5.46. The van der Waals surface area contributed by atoms with Gasteiger partial charge in [0.25, 0.3) is 5.91 Å². The molecule has 4 aromatic carbocycles. The van der Waals surface area contributed by atoms with Crippen LogP contribution in [0.2, 0.25) is 5.02 Å². The van der Waals surface area contributed by atoms with Gasteiger partial charge in [-0.3, -0.25) is 4.79 Å². The van der Waals surface area contributed by atoms with E-state index >= 15 is 0 Å². The lowest BCUT2D eigenvalue weighted by Crippen LogP contribution is -2.43. The van der Waals surface area contributed by atoms with Crippen LogP contribution in [0.15, 0.2) is 114 Å². The number of halogens is 1. The molecule has 0 fully saturated rings. The quantitative estimate of drug-likeness (QED) is 0.168. The monoisotopic (exact) mass is 484 g/mol. The van der Waals surface area contributed by atoms with Gasteiger partial charge in [0.05, 0.1) is 16.8 Å². The molecule has 0 radical (unpaired) electrons. The summed E-state index contributed by atoms with van der Waals surface area (Å²) in [4.78, 5) is 25.5. The fraction of sp³-hybridized carbons (Fsp3) is 0.0357. The van der Waals surface area contributed by atoms with Crippen LogP contribution in [-0.4, -0.2) is 23.2 Å². The van der Waals surface area contributed by atoms with E-state index in [2.05, 4.69) is 10.5 Å². The molecule has 0 spiro atoms. The van der Waals surface area contributed by atoms with E-state index < -0.39 is 17.5 Å². The summed E-state index contributed by atoms with van der Waals surface area (Å²) in [6.45, 7) is 0. The van der Waals surface area contributed by atoms with Gasteiger partial charge in [0.2, 0.25) is 0 Å². The zero-order valence-electron chi connectivity index (χ0n) is 18.5. The second-order valence-electron chi connectivity index (χ2n) is 7.58. The molecule has 0 heterocycles. The molecule has 0 aromatic heterocycles. The minimum absolute atomic E-state index is 0.251. The molecule has 0 aliphatic carbocycles. The van der Waals surface area contributed by atoms with E-state index in [1.807, 2.05) is 0 Å². The Hall–Kier alpha value is -4.26. The number of benzene rings is 4. The van der Waals surface area contributed by atoms with Crippen molar-refractivity contribution in [3.63, 3.8) is 0 Å². The van der Waals surface area contributed by atoms with Gasteiger partial charge in [-0.1, -0.05) is 96.5 Å². The minimum atomic E-state index is -1.94. The van der Waals surface area contributed by atoms with E-state index in [0.717, 1.165) is 0 Å². The minimum Gasteiger partial charge on any atom is -0.423 e. The maximum Gasteiger partial charge on any atom is 0.345 e. The van der Waals surface area contributed by atoms with Crippen LogP contribution in [-0.2, 0) is 10.4 Å². The fourth-order valence-electron chi connectivity index (χ4n) is 3.48. The van der Waals surface area contributed by atoms with Gasteiger partial charge < -0.3 is 9.84 Å². The van der Waals surface area contributed by atoms with Gasteiger partial charge in [-0.2, -0.15) is 5.10 Å². The topological polar surface area (TPSA) is 88.0 Å². The predicted molar refractivity (Wildman–Crippen MR) is 134 cm³/mol. The number of nitrogens with one attached hydrogen (secondary N) is 1. The molecule has 0 atom stereocenters. The Morgan fingerprint density at radius 1 is 0.829 bits per heavy atom. The molecule has 7 heteroatoms. The number of carbonyl (C=O) groups excluding carboxylic acids is 2. The lowest BCUT2D eigenvalue weighted by atomic mass is 9.85. The lowest BCUT2D eigenvalue weighted by molar-refractivity contribution is -0.136. The molecule has 0 aliphatic heterocycles. The average molecular weight is 485 g/mol. The Kier molecular flexibility index (Phi) is 7.35. The van der Waals surface area contributed by atoms with Gasteiger partial charge in [-0.15, -0.1) is 0 Å². The van der Waals surface area contributed by atoms with Crippen LogP contribution in [0.1, 0.15) is 27.0 Å². The van der Waals surface area contributed by atoms with Crippen LogP contribution in [0.3, 0.4) is 0 Å². The maximum absolute atomic E-state index is 13.1. The molecule has 0 saturated heterocycles. The summed E-state index contributed by atoms with van der Waals surface area (Å²) in [5, 5.41) is 15.7. The summed E-state index contributed by atoms with van der Waals surface area (Å²) < 4.78 is 5.41. The van der Waals surface area contributed by atoms with Crippen molar-refractivity contribution in [2.24, 2.45) is 5.10 Å². The summed E-state index contributed by atoms with van der Waals surface area (Å²) in [6.07, 6.45) is 1.39. The number of esters is 1. The summed E-state index contributed by atoms with van der Waals surface area (Å²) in [5.74, 6) is -1.02. The van der Waals surface area contributed by atoms with E-state index in [4.69, 9.17) is 16.3 Å². The number of carbonyl (C=O) groups is 2. The average Bonchev–Trinajstić information content (AvgIpc) is 2.89. The molecule has 0 unspecified atom stereocenters. The molecule has 6 nitrogen and oxygen atoms in total. The van der Waals surface area contributed by atoms with E-state index in [1.54, 1.807) is 109 Å². The lowest BCUT2D eigenvalue weighted by Gasteiger charge is -2.27. The number of hydrazone groups is 1. The Morgan fingerprint density at radius 3 is 2.06 bits per heavy atom. The number of rotatable bonds is 7. The van der Waals surface area contributed by atoms with Crippen molar-refractivity contribution in [2.75, 3.05) is 0 Å². The summed E-state index contributed by atoms with van der Waals surface area (Å²) in [5.41, 5.74) is 2.12. The van der Waals surface area contributed by atoms with Gasteiger partial charge in [-0.25, -0.2) is 10.2 Å². The summed E-state index contributed by atoms with van der Waals surface area (Å²) in [7, 11) is 0. The van der Waals surface area contributed by atoms with Crippen LogP contribution in [0.25, 0.3) is 0 Å². The zero-order chi connectivity index (χ0) is 24.7. The molecule has 0 saturated carbocycles. The molecule has 0 bridgehead atoms. The van der Waals surface area contributed by atoms with Crippen LogP contribution in [0.4, 0.5) is 0 Å². The second-order valence-corrected chi connectivity index (χ2v) is 7.99. The Bertz CT molecular complexity index is 1320. The van der Waals surface area contributed by atoms with Crippen molar-refractivity contribution in [3.05, 3.63) is 136 Å². The first-order valence-electron chi connectivity index (χ1n) is 10.7. The first kappa shape index (κ1) is 23.9. The highest BCUT2D eigenvalue weighted by Gasteiger charge is 2.39. The highest BCUT2D eigenvalue weighted by atomic mass is 35.5. The molecular formula is C28H21ClN2O4. The summed E-state index contributed by atoms with van der Waals surface area (Å²) >= 11 is 6.06. The smallest absolute Gasteiger partial charge is 0.345 e. The Morgan fingerprint density at radius 2 is 1.43 bits per heavy atom. The van der Waals surface area contributed by atoms with Crippen molar-refractivity contribution in [2.45, 2.75) is 5.60 Å². The standard InChI is InChI=1S/C28H21ClN2O4/c29-25-17-8-7-16-24(25)26(32)35-23-15-9-10-20(18-23)19-30-31-27(33)28(34,21-11-3-1-4-12-21)22-13-5-2-6-14-22/h1-19,34H,(H,31,33). The highest BCUT2D eigenvalue weighted by Crippen LogP contribution is 2.29. The van der Waals surface area contributed by atoms with E-state index in [9.17, 15) is 14.7 Å². The molecule has 4 aromatic rings. The van der Waals surface area contributed by atoms with Crippen molar-refractivity contribution in [1.82, 2.24) is 5.43 Å². The van der Waals surface area contributed by atoms with Crippen molar-refractivity contribution < 1.29 is 19.4 Å². The van der Waals surface area contributed by atoms with Gasteiger partial charge in [0.15, 0.2) is 5.60 Å². The molecule has 0 aliphatic rings. The number of aliphatic hydroxyl groups is 1. The molecule has 1 amide bonds. The number of nitrogens with zero attached hydrogens (tertiary/aromatic N) is 1. The van der Waals surface area contributed by atoms with Gasteiger partial charge in [0.1, 0.15) is 5.75 Å². The Balaban J connectivity index is 1.50. The molecular weight excluding hydrogens is 464 g/mol. The van der Waals surface area contributed by atoms with Crippen LogP contribution < -0.4 is 10.2 Å². The molecule has 2 N–H and O–H groups in total. The molecule has 35 heavy (non-hydrogen) atoms. The normalized spacial score (nSPS) is 11.3. The van der Waals surface area contributed by atoms with Crippen LogP contribution in [0.5, 0.6) is 5.75 Å². The zero-order valence-corrected chi connectivity index (χ0v) is 19.2. The number of ether oxygens (including phenoxy) is 1. The number of hydrogen-bond donors (Lipinski definition) is 2. The second kappa shape index (κ2) is 10.8. The third-order valence-electron chi connectivity index (χ3n) is 5.25. The largest absolute Gasteiger partial charge is 0.423 e. The van der Waals surface area contributed by atoms with E-state index in [-0.39, 0.29) is 11.3 Å². The maximum atomic E-state index is 13.1. The van der Waals surface area contributed by atoms with Crippen molar-refractivity contribution in [3.8, 4) is 5.75 Å². The predicted octanol–water partition coefficient (Wildman–Crippen LogP) is 4.95. The Labute approximate surface area is 207 Å². The fourth-order valence-corrected chi connectivity index (χ4v) is 3.69. The third-order valence-corrected chi connectivity index (χ3v) is 5.58. The highest BCUT2D eigenvalue weighted by molar-refractivity contribution is 6.33. The molecule has 4 rings (SSSR count). The van der Waals surface area contributed by atoms with Crippen molar-refractivity contribution >= 4 is 29.7 Å². The van der Waals surface area contributed by atoms with E-state index in [1.165, 1.54) is 6.21 Å². The van der Waals surface area contributed by atoms with Crippen LogP contribution in [0, 0.1) is 0 Å². The van der Waals surface area contributed by atoms with Crippen molar-refractivity contribution in [1.29, 1.82) is 0 Å². The SMILES string of the molecule is O=C(Oc1cccc(C=NNC(=O)C(O)(c2ccccc2)c2ccccc2)c1)c1ccccc1Cl. The van der Waals surface area contributed by atoms with Gasteiger partial charge in [0, 0.05) is 0 Å². The first-order valence-corrected chi connectivity index (χ1v) is 11.1.